The Morgan fingerprint density at radius 2 is 1.89 bits per heavy atom. The third kappa shape index (κ3) is 3.85. The van der Waals surface area contributed by atoms with E-state index < -0.39 is 6.10 Å². The summed E-state index contributed by atoms with van der Waals surface area (Å²) < 4.78 is 4.90. The summed E-state index contributed by atoms with van der Waals surface area (Å²) in [5.41, 5.74) is 1.20. The molecule has 1 unspecified atom stereocenters. The molecule has 0 radical (unpaired) electrons. The number of methoxy groups -OCH3 is 1. The Morgan fingerprint density at radius 3 is 2.39 bits per heavy atom. The number of nitrogens with one attached hydrogen (secondary N) is 2. The highest BCUT2D eigenvalue weighted by Crippen LogP contribution is 2.10. The largest absolute Gasteiger partial charge is 0.372 e. The molecule has 2 amide bonds. The zero-order valence-electron chi connectivity index (χ0n) is 10.8. The smallest absolute Gasteiger partial charge is 0.253 e. The van der Waals surface area contributed by atoms with E-state index in [1.165, 1.54) is 7.11 Å². The molecule has 0 aromatic heterocycles. The average Bonchev–Trinajstić information content (AvgIpc) is 2.38. The molecule has 0 saturated carbocycles. The maximum absolute atomic E-state index is 11.5. The third-order valence-corrected chi connectivity index (χ3v) is 2.47. The van der Waals surface area contributed by atoms with Crippen LogP contribution in [-0.2, 0) is 9.53 Å². The standard InChI is InChI=1S/C13H18N2O3/c1-4-14-13(17)10-5-7-11(8-6-10)15-12(16)9(2)18-3/h5-9H,4H2,1-3H3,(H,14,17)(H,15,16). The summed E-state index contributed by atoms with van der Waals surface area (Å²) >= 11 is 0. The second-order valence-electron chi connectivity index (χ2n) is 3.80. The van der Waals surface area contributed by atoms with Gasteiger partial charge in [-0.1, -0.05) is 0 Å². The average molecular weight is 250 g/mol. The molecule has 0 spiro atoms. The third-order valence-electron chi connectivity index (χ3n) is 2.47. The van der Waals surface area contributed by atoms with E-state index in [0.29, 0.717) is 17.8 Å². The number of anilines is 1. The van der Waals surface area contributed by atoms with Crippen molar-refractivity contribution in [3.63, 3.8) is 0 Å². The van der Waals surface area contributed by atoms with Crippen LogP contribution < -0.4 is 10.6 Å². The molecule has 0 heterocycles. The van der Waals surface area contributed by atoms with Gasteiger partial charge in [0.1, 0.15) is 6.10 Å². The topological polar surface area (TPSA) is 67.4 Å². The molecule has 0 aliphatic heterocycles. The summed E-state index contributed by atoms with van der Waals surface area (Å²) in [5.74, 6) is -0.344. The highest BCUT2D eigenvalue weighted by Gasteiger charge is 2.11. The van der Waals surface area contributed by atoms with Crippen molar-refractivity contribution in [2.75, 3.05) is 19.0 Å². The number of carbonyl (C=O) groups is 2. The van der Waals surface area contributed by atoms with Gasteiger partial charge in [-0.3, -0.25) is 9.59 Å². The van der Waals surface area contributed by atoms with Crippen molar-refractivity contribution in [1.82, 2.24) is 5.32 Å². The molecule has 98 valence electrons. The first-order valence-electron chi connectivity index (χ1n) is 5.80. The van der Waals surface area contributed by atoms with Crippen LogP contribution in [0.1, 0.15) is 24.2 Å². The quantitative estimate of drug-likeness (QED) is 0.830. The molecule has 0 fully saturated rings. The van der Waals surface area contributed by atoms with E-state index in [9.17, 15) is 9.59 Å². The summed E-state index contributed by atoms with van der Waals surface area (Å²) in [6, 6.07) is 6.70. The molecule has 1 aromatic carbocycles. The second-order valence-corrected chi connectivity index (χ2v) is 3.80. The molecule has 0 bridgehead atoms. The van der Waals surface area contributed by atoms with Crippen LogP contribution in [0.15, 0.2) is 24.3 Å². The zero-order valence-corrected chi connectivity index (χ0v) is 10.8. The van der Waals surface area contributed by atoms with Gasteiger partial charge in [0.2, 0.25) is 0 Å². The molecule has 0 saturated heterocycles. The fourth-order valence-corrected chi connectivity index (χ4v) is 1.32. The number of rotatable bonds is 5. The lowest BCUT2D eigenvalue weighted by molar-refractivity contribution is -0.124. The fraction of sp³-hybridized carbons (Fsp3) is 0.385. The van der Waals surface area contributed by atoms with Crippen LogP contribution in [0, 0.1) is 0 Å². The van der Waals surface area contributed by atoms with Crippen molar-refractivity contribution >= 4 is 17.5 Å². The van der Waals surface area contributed by atoms with Gasteiger partial charge in [-0.05, 0) is 38.1 Å². The van der Waals surface area contributed by atoms with Crippen LogP contribution in [0.4, 0.5) is 5.69 Å². The predicted octanol–water partition coefficient (Wildman–Crippen LogP) is 1.41. The van der Waals surface area contributed by atoms with E-state index in [1.54, 1.807) is 31.2 Å². The Morgan fingerprint density at radius 1 is 1.28 bits per heavy atom. The minimum Gasteiger partial charge on any atom is -0.372 e. The van der Waals surface area contributed by atoms with Gasteiger partial charge in [0.15, 0.2) is 0 Å². The van der Waals surface area contributed by atoms with Gasteiger partial charge < -0.3 is 15.4 Å². The lowest BCUT2D eigenvalue weighted by Crippen LogP contribution is -2.26. The van der Waals surface area contributed by atoms with Crippen molar-refractivity contribution in [3.8, 4) is 0 Å². The van der Waals surface area contributed by atoms with Gasteiger partial charge in [0.25, 0.3) is 11.8 Å². The molecule has 0 aliphatic carbocycles. The number of amides is 2. The molecule has 18 heavy (non-hydrogen) atoms. The van der Waals surface area contributed by atoms with Gasteiger partial charge in [-0.2, -0.15) is 0 Å². The first-order valence-corrected chi connectivity index (χ1v) is 5.80. The first-order chi connectivity index (χ1) is 8.58. The number of ether oxygens (including phenoxy) is 1. The fourth-order valence-electron chi connectivity index (χ4n) is 1.32. The molecule has 5 nitrogen and oxygen atoms in total. The number of benzene rings is 1. The summed E-state index contributed by atoms with van der Waals surface area (Å²) in [7, 11) is 1.47. The van der Waals surface area contributed by atoms with Gasteiger partial charge in [0.05, 0.1) is 0 Å². The van der Waals surface area contributed by atoms with Gasteiger partial charge in [-0.15, -0.1) is 0 Å². The van der Waals surface area contributed by atoms with Crippen LogP contribution in [-0.4, -0.2) is 31.6 Å². The monoisotopic (exact) mass is 250 g/mol. The number of hydrogen-bond donors (Lipinski definition) is 2. The van der Waals surface area contributed by atoms with E-state index >= 15 is 0 Å². The minimum atomic E-state index is -0.506. The summed E-state index contributed by atoms with van der Waals surface area (Å²) in [6.07, 6.45) is -0.506. The summed E-state index contributed by atoms with van der Waals surface area (Å²) in [5, 5.41) is 5.40. The van der Waals surface area contributed by atoms with E-state index in [1.807, 2.05) is 6.92 Å². The Balaban J connectivity index is 2.66. The Kier molecular flexibility index (Phi) is 5.32. The van der Waals surface area contributed by atoms with E-state index in [-0.39, 0.29) is 11.8 Å². The van der Waals surface area contributed by atoms with Gasteiger partial charge >= 0.3 is 0 Å². The SMILES string of the molecule is CCNC(=O)c1ccc(NC(=O)C(C)OC)cc1. The number of carbonyl (C=O) groups excluding carboxylic acids is 2. The van der Waals surface area contributed by atoms with Gasteiger partial charge in [0, 0.05) is 24.9 Å². The van der Waals surface area contributed by atoms with Crippen molar-refractivity contribution in [3.05, 3.63) is 29.8 Å². The Hall–Kier alpha value is -1.88. The van der Waals surface area contributed by atoms with Crippen molar-refractivity contribution in [1.29, 1.82) is 0 Å². The van der Waals surface area contributed by atoms with E-state index in [4.69, 9.17) is 4.74 Å². The molecule has 1 aromatic rings. The van der Waals surface area contributed by atoms with Crippen LogP contribution in [0.3, 0.4) is 0 Å². The lowest BCUT2D eigenvalue weighted by Gasteiger charge is -2.10. The molecule has 5 heteroatoms. The molecule has 2 N–H and O–H groups in total. The van der Waals surface area contributed by atoms with Crippen LogP contribution in [0.5, 0.6) is 0 Å². The molecule has 1 rings (SSSR count). The molecular formula is C13H18N2O3. The maximum Gasteiger partial charge on any atom is 0.253 e. The minimum absolute atomic E-state index is 0.124. The maximum atomic E-state index is 11.5. The summed E-state index contributed by atoms with van der Waals surface area (Å²) in [4.78, 5) is 23.1. The van der Waals surface area contributed by atoms with Crippen molar-refractivity contribution in [2.45, 2.75) is 20.0 Å². The normalized spacial score (nSPS) is 11.7. The highest BCUT2D eigenvalue weighted by atomic mass is 16.5. The Labute approximate surface area is 107 Å². The van der Waals surface area contributed by atoms with Crippen LogP contribution >= 0.6 is 0 Å². The van der Waals surface area contributed by atoms with E-state index in [2.05, 4.69) is 10.6 Å². The second kappa shape index (κ2) is 6.76. The zero-order chi connectivity index (χ0) is 13.5. The lowest BCUT2D eigenvalue weighted by atomic mass is 10.2. The summed E-state index contributed by atoms with van der Waals surface area (Å²) in [6.45, 7) is 4.11. The predicted molar refractivity (Wildman–Crippen MR) is 69.5 cm³/mol. The number of hydrogen-bond acceptors (Lipinski definition) is 3. The van der Waals surface area contributed by atoms with Crippen LogP contribution in [0.2, 0.25) is 0 Å². The first kappa shape index (κ1) is 14.2. The Bertz CT molecular complexity index is 415. The molecule has 0 aliphatic rings. The van der Waals surface area contributed by atoms with Crippen LogP contribution in [0.25, 0.3) is 0 Å². The molecule has 1 atom stereocenters. The highest BCUT2D eigenvalue weighted by molar-refractivity contribution is 5.96. The van der Waals surface area contributed by atoms with Crippen molar-refractivity contribution < 1.29 is 14.3 Å². The van der Waals surface area contributed by atoms with Crippen molar-refractivity contribution in [2.24, 2.45) is 0 Å². The van der Waals surface area contributed by atoms with E-state index in [0.717, 1.165) is 0 Å². The molecular weight excluding hydrogens is 232 g/mol. The van der Waals surface area contributed by atoms with Gasteiger partial charge in [-0.25, -0.2) is 0 Å².